The number of halogens is 1. The summed E-state index contributed by atoms with van der Waals surface area (Å²) in [6.07, 6.45) is 7.99. The van der Waals surface area contributed by atoms with E-state index < -0.39 is 0 Å². The van der Waals surface area contributed by atoms with Crippen LogP contribution >= 0.6 is 24.0 Å². The predicted molar refractivity (Wildman–Crippen MR) is 137 cm³/mol. The first-order valence-electron chi connectivity index (χ1n) is 10.9. The van der Waals surface area contributed by atoms with Crippen molar-refractivity contribution >= 4 is 35.8 Å². The van der Waals surface area contributed by atoms with Crippen LogP contribution in [0.2, 0.25) is 0 Å². The van der Waals surface area contributed by atoms with Crippen LogP contribution in [0.15, 0.2) is 35.3 Å². The molecular formula is C23H34IN7. The fourth-order valence-electron chi connectivity index (χ4n) is 4.28. The number of hydrogen-bond donors (Lipinski definition) is 3. The fourth-order valence-corrected chi connectivity index (χ4v) is 4.28. The number of aliphatic imine (C=N–C) groups is 1. The van der Waals surface area contributed by atoms with Crippen molar-refractivity contribution in [3.05, 3.63) is 41.6 Å². The van der Waals surface area contributed by atoms with Crippen molar-refractivity contribution in [1.82, 2.24) is 20.4 Å². The largest absolute Gasteiger partial charge is 0.382 e. The molecule has 1 aromatic heterocycles. The van der Waals surface area contributed by atoms with Crippen molar-refractivity contribution in [3.63, 3.8) is 0 Å². The van der Waals surface area contributed by atoms with Crippen molar-refractivity contribution < 1.29 is 0 Å². The van der Waals surface area contributed by atoms with Gasteiger partial charge >= 0.3 is 0 Å². The minimum absolute atomic E-state index is 0. The molecule has 7 nitrogen and oxygen atoms in total. The van der Waals surface area contributed by atoms with Crippen LogP contribution in [0.4, 0.5) is 5.82 Å². The molecule has 1 aliphatic rings. The van der Waals surface area contributed by atoms with Gasteiger partial charge in [-0.2, -0.15) is 10.4 Å². The molecule has 1 aliphatic carbocycles. The standard InChI is InChI=1S/C23H33N7.HI/c1-3-23(13-7-8-14-23)17-28-22(26-2)27-15-9-12-20-19(16-24)21(25)30(29-20)18-10-5-4-6-11-18;/h4-6,10-11H,3,7-9,12-15,17,25H2,1-2H3,(H2,26,27,28);1H. The molecule has 0 saturated heterocycles. The molecule has 0 spiro atoms. The minimum Gasteiger partial charge on any atom is -0.382 e. The number of aryl methyl sites for hydroxylation is 1. The first-order chi connectivity index (χ1) is 14.6. The average molecular weight is 535 g/mol. The van der Waals surface area contributed by atoms with E-state index in [1.165, 1.54) is 32.1 Å². The van der Waals surface area contributed by atoms with Crippen molar-refractivity contribution in [2.75, 3.05) is 25.9 Å². The molecule has 31 heavy (non-hydrogen) atoms. The fraction of sp³-hybridized carbons (Fsp3) is 0.522. The van der Waals surface area contributed by atoms with E-state index in [0.717, 1.165) is 36.9 Å². The molecule has 8 heteroatoms. The summed E-state index contributed by atoms with van der Waals surface area (Å²) in [5.41, 5.74) is 8.66. The maximum Gasteiger partial charge on any atom is 0.190 e. The smallest absolute Gasteiger partial charge is 0.190 e. The zero-order chi connectivity index (χ0) is 21.4. The quantitative estimate of drug-likeness (QED) is 0.205. The molecular weight excluding hydrogens is 501 g/mol. The molecule has 1 saturated carbocycles. The third kappa shape index (κ3) is 6.12. The Morgan fingerprint density at radius 3 is 2.58 bits per heavy atom. The van der Waals surface area contributed by atoms with Gasteiger partial charge in [0.2, 0.25) is 0 Å². The molecule has 1 fully saturated rings. The van der Waals surface area contributed by atoms with Gasteiger partial charge in [-0.25, -0.2) is 4.68 Å². The van der Waals surface area contributed by atoms with Crippen molar-refractivity contribution in [2.45, 2.75) is 51.9 Å². The highest BCUT2D eigenvalue weighted by molar-refractivity contribution is 14.0. The van der Waals surface area contributed by atoms with Crippen LogP contribution in [-0.2, 0) is 6.42 Å². The number of para-hydroxylation sites is 1. The third-order valence-corrected chi connectivity index (χ3v) is 6.26. The van der Waals surface area contributed by atoms with Crippen LogP contribution in [0.25, 0.3) is 5.69 Å². The van der Waals surface area contributed by atoms with Crippen LogP contribution in [0.5, 0.6) is 0 Å². The molecule has 168 valence electrons. The van der Waals surface area contributed by atoms with E-state index in [4.69, 9.17) is 5.73 Å². The number of nitrogens with one attached hydrogen (secondary N) is 2. The van der Waals surface area contributed by atoms with Gasteiger partial charge in [-0.15, -0.1) is 24.0 Å². The van der Waals surface area contributed by atoms with Gasteiger partial charge in [-0.3, -0.25) is 4.99 Å². The third-order valence-electron chi connectivity index (χ3n) is 6.26. The number of hydrogen-bond acceptors (Lipinski definition) is 4. The minimum atomic E-state index is 0. The van der Waals surface area contributed by atoms with E-state index >= 15 is 0 Å². The van der Waals surface area contributed by atoms with Crippen LogP contribution < -0.4 is 16.4 Å². The first-order valence-corrected chi connectivity index (χ1v) is 10.9. The Balaban J connectivity index is 0.00000341. The second-order valence-electron chi connectivity index (χ2n) is 8.08. The summed E-state index contributed by atoms with van der Waals surface area (Å²) in [5, 5.41) is 21.0. The lowest BCUT2D eigenvalue weighted by Gasteiger charge is -2.28. The number of nitrogens with zero attached hydrogens (tertiary/aromatic N) is 4. The van der Waals surface area contributed by atoms with E-state index in [2.05, 4.69) is 33.7 Å². The SMILES string of the molecule is CCC1(CNC(=NC)NCCCc2nn(-c3ccccc3)c(N)c2C#N)CCCC1.I. The van der Waals surface area contributed by atoms with Gasteiger partial charge in [0.1, 0.15) is 17.5 Å². The molecule has 0 bridgehead atoms. The van der Waals surface area contributed by atoms with Gasteiger partial charge < -0.3 is 16.4 Å². The van der Waals surface area contributed by atoms with Crippen molar-refractivity contribution in [2.24, 2.45) is 10.4 Å². The molecule has 0 aliphatic heterocycles. The molecule has 1 heterocycles. The highest BCUT2D eigenvalue weighted by Gasteiger charge is 2.31. The molecule has 0 amide bonds. The van der Waals surface area contributed by atoms with Gasteiger partial charge in [0, 0.05) is 20.1 Å². The number of aromatic nitrogens is 2. The second kappa shape index (κ2) is 11.9. The zero-order valence-corrected chi connectivity index (χ0v) is 20.9. The number of rotatable bonds is 8. The molecule has 0 radical (unpaired) electrons. The molecule has 3 rings (SSSR count). The maximum absolute atomic E-state index is 9.54. The van der Waals surface area contributed by atoms with E-state index in [1.54, 1.807) is 11.7 Å². The number of anilines is 1. The zero-order valence-electron chi connectivity index (χ0n) is 18.5. The summed E-state index contributed by atoms with van der Waals surface area (Å²) in [4.78, 5) is 4.35. The Morgan fingerprint density at radius 1 is 1.26 bits per heavy atom. The van der Waals surface area contributed by atoms with E-state index in [0.29, 0.717) is 23.2 Å². The van der Waals surface area contributed by atoms with E-state index in [-0.39, 0.29) is 24.0 Å². The highest BCUT2D eigenvalue weighted by Crippen LogP contribution is 2.40. The van der Waals surface area contributed by atoms with Gasteiger partial charge in [-0.05, 0) is 49.7 Å². The Labute approximate surface area is 202 Å². The normalized spacial score (nSPS) is 15.2. The topological polar surface area (TPSA) is 104 Å². The summed E-state index contributed by atoms with van der Waals surface area (Å²) in [7, 11) is 1.80. The monoisotopic (exact) mass is 535 g/mol. The van der Waals surface area contributed by atoms with Crippen LogP contribution in [0.1, 0.15) is 56.7 Å². The lowest BCUT2D eigenvalue weighted by molar-refractivity contribution is 0.283. The van der Waals surface area contributed by atoms with Gasteiger partial charge in [0.25, 0.3) is 0 Å². The Morgan fingerprint density at radius 2 is 1.97 bits per heavy atom. The van der Waals surface area contributed by atoms with Crippen LogP contribution in [0.3, 0.4) is 0 Å². The predicted octanol–water partition coefficient (Wildman–Crippen LogP) is 4.01. The molecule has 4 N–H and O–H groups in total. The average Bonchev–Trinajstić information content (AvgIpc) is 3.38. The summed E-state index contributed by atoms with van der Waals surface area (Å²) in [6, 6.07) is 11.9. The van der Waals surface area contributed by atoms with Crippen molar-refractivity contribution in [1.29, 1.82) is 5.26 Å². The van der Waals surface area contributed by atoms with Crippen LogP contribution in [-0.4, -0.2) is 35.9 Å². The summed E-state index contributed by atoms with van der Waals surface area (Å²) >= 11 is 0. The summed E-state index contributed by atoms with van der Waals surface area (Å²) < 4.78 is 1.65. The number of benzene rings is 1. The number of nitrogens with two attached hydrogens (primary N) is 1. The number of nitriles is 1. The summed E-state index contributed by atoms with van der Waals surface area (Å²) in [5.74, 6) is 1.23. The molecule has 0 atom stereocenters. The van der Waals surface area contributed by atoms with Crippen LogP contribution in [0, 0.1) is 16.7 Å². The lowest BCUT2D eigenvalue weighted by atomic mass is 9.83. The summed E-state index contributed by atoms with van der Waals surface area (Å²) in [6.45, 7) is 4.01. The van der Waals surface area contributed by atoms with E-state index in [9.17, 15) is 5.26 Å². The maximum atomic E-state index is 9.54. The highest BCUT2D eigenvalue weighted by atomic mass is 127. The molecule has 2 aromatic rings. The number of nitrogen functional groups attached to an aromatic ring is 1. The van der Waals surface area contributed by atoms with Crippen molar-refractivity contribution in [3.8, 4) is 11.8 Å². The molecule has 0 unspecified atom stereocenters. The Bertz CT molecular complexity index is 893. The first kappa shape index (κ1) is 25.0. The molecule has 1 aromatic carbocycles. The van der Waals surface area contributed by atoms with Gasteiger partial charge in [-0.1, -0.05) is 38.0 Å². The number of guanidine groups is 1. The van der Waals surface area contributed by atoms with Gasteiger partial charge in [0.15, 0.2) is 5.96 Å². The van der Waals surface area contributed by atoms with Gasteiger partial charge in [0.05, 0.1) is 11.4 Å². The lowest BCUT2D eigenvalue weighted by Crippen LogP contribution is -2.43. The Kier molecular flexibility index (Phi) is 9.62. The Hall–Kier alpha value is -2.28. The van der Waals surface area contributed by atoms with E-state index in [1.807, 2.05) is 30.3 Å². The second-order valence-corrected chi connectivity index (χ2v) is 8.08.